The molecule has 1 aliphatic carbocycles. The third-order valence-corrected chi connectivity index (χ3v) is 7.70. The molecule has 2 heterocycles. The zero-order valence-electron chi connectivity index (χ0n) is 20.9. The average Bonchev–Trinajstić information content (AvgIpc) is 2.83. The highest BCUT2D eigenvalue weighted by atomic mass is 16.2. The van der Waals surface area contributed by atoms with Crippen molar-refractivity contribution in [2.45, 2.75) is 90.1 Å². The number of anilines is 2. The summed E-state index contributed by atoms with van der Waals surface area (Å²) in [5.74, 6) is -0.165. The van der Waals surface area contributed by atoms with Crippen LogP contribution in [0.3, 0.4) is 0 Å². The molecule has 1 aromatic rings. The minimum Gasteiger partial charge on any atom is -0.358 e. The first kappa shape index (κ1) is 24.6. The van der Waals surface area contributed by atoms with Crippen LogP contribution in [-0.2, 0) is 9.59 Å². The fraction of sp³-hybridized carbons (Fsp3) is 0.667. The lowest BCUT2D eigenvalue weighted by atomic mass is 9.95. The number of nitrogens with one attached hydrogen (secondary N) is 1. The van der Waals surface area contributed by atoms with Crippen molar-refractivity contribution in [1.29, 1.82) is 0 Å². The minimum atomic E-state index is -0.222. The fourth-order valence-corrected chi connectivity index (χ4v) is 5.76. The summed E-state index contributed by atoms with van der Waals surface area (Å²) in [6.45, 7) is 6.03. The Bertz CT molecular complexity index is 890. The van der Waals surface area contributed by atoms with Crippen molar-refractivity contribution in [2.75, 3.05) is 36.0 Å². The molecule has 0 aromatic heterocycles. The van der Waals surface area contributed by atoms with Crippen LogP contribution in [0, 0.1) is 0 Å². The van der Waals surface area contributed by atoms with Crippen LogP contribution in [0.15, 0.2) is 18.2 Å². The molecule has 0 spiro atoms. The summed E-state index contributed by atoms with van der Waals surface area (Å²) >= 11 is 0. The summed E-state index contributed by atoms with van der Waals surface area (Å²) in [4.78, 5) is 45.3. The smallest absolute Gasteiger partial charge is 0.253 e. The summed E-state index contributed by atoms with van der Waals surface area (Å²) in [5, 5.41) is 3.21. The van der Waals surface area contributed by atoms with E-state index in [1.165, 1.54) is 19.3 Å². The highest BCUT2D eigenvalue weighted by Crippen LogP contribution is 2.40. The van der Waals surface area contributed by atoms with Gasteiger partial charge in [-0.1, -0.05) is 32.1 Å². The second kappa shape index (κ2) is 11.2. The van der Waals surface area contributed by atoms with E-state index < -0.39 is 0 Å². The number of benzene rings is 1. The normalized spacial score (nSPS) is 21.2. The molecule has 1 atom stereocenters. The van der Waals surface area contributed by atoms with Gasteiger partial charge in [-0.15, -0.1) is 0 Å². The van der Waals surface area contributed by atoms with E-state index in [2.05, 4.69) is 10.2 Å². The molecule has 7 nitrogen and oxygen atoms in total. The molecule has 2 aliphatic heterocycles. The molecule has 1 aromatic carbocycles. The van der Waals surface area contributed by atoms with Crippen molar-refractivity contribution in [3.63, 3.8) is 0 Å². The number of piperidine rings is 1. The predicted molar refractivity (Wildman–Crippen MR) is 135 cm³/mol. The standard InChI is InChI=1S/C27H40N4O3/c1-3-29(4-2)26(33)20-15-16-22-24(18-20)31(27(34)23-14-10-11-17-30(22)23)19-25(32)28-21-12-8-6-5-7-9-13-21/h15-16,18,21,23H,3-14,17,19H2,1-2H3,(H,28,32). The zero-order valence-corrected chi connectivity index (χ0v) is 20.9. The molecule has 1 N–H and O–H groups in total. The van der Waals surface area contributed by atoms with Crippen LogP contribution in [-0.4, -0.2) is 60.9 Å². The Labute approximate surface area is 203 Å². The van der Waals surface area contributed by atoms with Gasteiger partial charge in [0, 0.05) is 31.2 Å². The number of rotatable bonds is 6. The summed E-state index contributed by atoms with van der Waals surface area (Å²) in [6, 6.07) is 5.63. The second-order valence-electron chi connectivity index (χ2n) is 9.92. The number of amides is 3. The first-order valence-electron chi connectivity index (χ1n) is 13.3. The molecule has 34 heavy (non-hydrogen) atoms. The van der Waals surface area contributed by atoms with Gasteiger partial charge in [0.2, 0.25) is 11.8 Å². The van der Waals surface area contributed by atoms with Gasteiger partial charge in [0.1, 0.15) is 12.6 Å². The van der Waals surface area contributed by atoms with Crippen molar-refractivity contribution in [3.8, 4) is 0 Å². The Hall–Kier alpha value is -2.57. The Morgan fingerprint density at radius 2 is 1.62 bits per heavy atom. The van der Waals surface area contributed by atoms with Gasteiger partial charge in [-0.2, -0.15) is 0 Å². The summed E-state index contributed by atoms with van der Waals surface area (Å²) < 4.78 is 0. The Morgan fingerprint density at radius 3 is 2.32 bits per heavy atom. The molecule has 7 heteroatoms. The Morgan fingerprint density at radius 1 is 0.941 bits per heavy atom. The first-order valence-corrected chi connectivity index (χ1v) is 13.3. The van der Waals surface area contributed by atoms with Gasteiger partial charge in [-0.05, 0) is 64.2 Å². The van der Waals surface area contributed by atoms with E-state index in [4.69, 9.17) is 0 Å². The van der Waals surface area contributed by atoms with Crippen molar-refractivity contribution in [2.24, 2.45) is 0 Å². The van der Waals surface area contributed by atoms with Crippen LogP contribution >= 0.6 is 0 Å². The van der Waals surface area contributed by atoms with Gasteiger partial charge in [0.05, 0.1) is 11.4 Å². The average molecular weight is 469 g/mol. The maximum absolute atomic E-state index is 13.6. The van der Waals surface area contributed by atoms with Gasteiger partial charge in [0.25, 0.3) is 5.91 Å². The Balaban J connectivity index is 1.59. The maximum atomic E-state index is 13.6. The molecule has 1 unspecified atom stereocenters. The third kappa shape index (κ3) is 5.23. The molecular formula is C27H40N4O3. The number of hydrogen-bond acceptors (Lipinski definition) is 4. The van der Waals surface area contributed by atoms with Crippen LogP contribution in [0.1, 0.15) is 88.4 Å². The molecule has 1 saturated carbocycles. The fourth-order valence-electron chi connectivity index (χ4n) is 5.76. The van der Waals surface area contributed by atoms with E-state index in [-0.39, 0.29) is 36.3 Å². The highest BCUT2D eigenvalue weighted by molar-refractivity contribution is 6.09. The van der Waals surface area contributed by atoms with E-state index >= 15 is 0 Å². The van der Waals surface area contributed by atoms with Gasteiger partial charge in [-0.3, -0.25) is 19.3 Å². The molecule has 0 radical (unpaired) electrons. The van der Waals surface area contributed by atoms with Crippen molar-refractivity contribution in [3.05, 3.63) is 23.8 Å². The topological polar surface area (TPSA) is 73.0 Å². The molecule has 3 aliphatic rings. The van der Waals surface area contributed by atoms with Gasteiger partial charge in [-0.25, -0.2) is 0 Å². The van der Waals surface area contributed by atoms with Crippen LogP contribution in [0.25, 0.3) is 0 Å². The van der Waals surface area contributed by atoms with E-state index in [1.54, 1.807) is 9.80 Å². The lowest BCUT2D eigenvalue weighted by Gasteiger charge is -2.45. The summed E-state index contributed by atoms with van der Waals surface area (Å²) in [6.07, 6.45) is 10.9. The first-order chi connectivity index (χ1) is 16.5. The van der Waals surface area contributed by atoms with E-state index in [0.29, 0.717) is 24.3 Å². The molecule has 186 valence electrons. The highest BCUT2D eigenvalue weighted by Gasteiger charge is 2.40. The SMILES string of the molecule is CCN(CC)C(=O)c1ccc2c(c1)N(CC(=O)NC1CCCCCCC1)C(=O)C1CCCCN21. The van der Waals surface area contributed by atoms with Gasteiger partial charge >= 0.3 is 0 Å². The van der Waals surface area contributed by atoms with E-state index in [1.807, 2.05) is 32.0 Å². The third-order valence-electron chi connectivity index (χ3n) is 7.70. The van der Waals surface area contributed by atoms with E-state index in [9.17, 15) is 14.4 Å². The van der Waals surface area contributed by atoms with Gasteiger partial charge < -0.3 is 15.1 Å². The molecule has 2 fully saturated rings. The number of carbonyl (C=O) groups is 3. The number of nitrogens with zero attached hydrogens (tertiary/aromatic N) is 3. The second-order valence-corrected chi connectivity index (χ2v) is 9.92. The van der Waals surface area contributed by atoms with Crippen molar-refractivity contribution >= 4 is 29.1 Å². The zero-order chi connectivity index (χ0) is 24.1. The summed E-state index contributed by atoms with van der Waals surface area (Å²) in [5.41, 5.74) is 2.21. The minimum absolute atomic E-state index is 0.00951. The largest absolute Gasteiger partial charge is 0.358 e. The lowest BCUT2D eigenvalue weighted by molar-refractivity contribution is -0.125. The molecule has 3 amide bonds. The number of hydrogen-bond donors (Lipinski definition) is 1. The van der Waals surface area contributed by atoms with Crippen LogP contribution in [0.2, 0.25) is 0 Å². The Kier molecular flexibility index (Phi) is 8.11. The lowest BCUT2D eigenvalue weighted by Crippen LogP contribution is -2.57. The van der Waals surface area contributed by atoms with Gasteiger partial charge in [0.15, 0.2) is 0 Å². The van der Waals surface area contributed by atoms with Crippen LogP contribution < -0.4 is 15.1 Å². The quantitative estimate of drug-likeness (QED) is 0.682. The summed E-state index contributed by atoms with van der Waals surface area (Å²) in [7, 11) is 0. The number of carbonyl (C=O) groups excluding carboxylic acids is 3. The monoisotopic (exact) mass is 468 g/mol. The predicted octanol–water partition coefficient (Wildman–Crippen LogP) is 4.10. The molecule has 0 bridgehead atoms. The van der Waals surface area contributed by atoms with Crippen molar-refractivity contribution < 1.29 is 14.4 Å². The molecular weight excluding hydrogens is 428 g/mol. The molecule has 4 rings (SSSR count). The van der Waals surface area contributed by atoms with Crippen LogP contribution in [0.4, 0.5) is 11.4 Å². The maximum Gasteiger partial charge on any atom is 0.253 e. The number of fused-ring (bicyclic) bond motifs is 3. The van der Waals surface area contributed by atoms with E-state index in [0.717, 1.165) is 57.2 Å². The van der Waals surface area contributed by atoms with Crippen LogP contribution in [0.5, 0.6) is 0 Å². The molecule has 1 saturated heterocycles. The van der Waals surface area contributed by atoms with Crippen molar-refractivity contribution in [1.82, 2.24) is 10.2 Å².